The van der Waals surface area contributed by atoms with Gasteiger partial charge in [-0.25, -0.2) is 0 Å². The number of aromatic hydroxyl groups is 1. The van der Waals surface area contributed by atoms with Crippen molar-refractivity contribution in [3.63, 3.8) is 0 Å². The van der Waals surface area contributed by atoms with Gasteiger partial charge in [0.05, 0.1) is 5.25 Å². The predicted molar refractivity (Wildman–Crippen MR) is 88.8 cm³/mol. The summed E-state index contributed by atoms with van der Waals surface area (Å²) in [4.78, 5) is 13.1. The Bertz CT molecular complexity index is 627. The molecule has 2 N–H and O–H groups in total. The number of benzene rings is 2. The number of rotatable bonds is 6. The fourth-order valence-electron chi connectivity index (χ4n) is 2.13. The molecule has 112 valence electrons. The number of hydrogen-bond acceptors (Lipinski definition) is 3. The van der Waals surface area contributed by atoms with Crippen molar-refractivity contribution in [2.75, 3.05) is 6.54 Å². The average Bonchev–Trinajstić information content (AvgIpc) is 2.50. The first kappa shape index (κ1) is 15.7. The van der Waals surface area contributed by atoms with Crippen LogP contribution in [0.25, 0.3) is 10.8 Å². The van der Waals surface area contributed by atoms with Crippen molar-refractivity contribution >= 4 is 28.4 Å². The van der Waals surface area contributed by atoms with Gasteiger partial charge in [-0.05, 0) is 30.9 Å². The normalized spacial score (nSPS) is 12.3. The van der Waals surface area contributed by atoms with E-state index in [0.717, 1.165) is 35.1 Å². The smallest absolute Gasteiger partial charge is 0.233 e. The number of hydrogen-bond donors (Lipinski definition) is 2. The summed E-state index contributed by atoms with van der Waals surface area (Å²) < 4.78 is 0. The van der Waals surface area contributed by atoms with Crippen LogP contribution in [-0.4, -0.2) is 22.8 Å². The first-order chi connectivity index (χ1) is 10.1. The quantitative estimate of drug-likeness (QED) is 0.627. The van der Waals surface area contributed by atoms with E-state index in [2.05, 4.69) is 12.2 Å². The highest BCUT2D eigenvalue weighted by Crippen LogP contribution is 2.35. The van der Waals surface area contributed by atoms with E-state index in [-0.39, 0.29) is 16.9 Å². The summed E-state index contributed by atoms with van der Waals surface area (Å²) in [6.45, 7) is 4.75. The minimum absolute atomic E-state index is 0.0607. The van der Waals surface area contributed by atoms with Crippen LogP contribution in [0.1, 0.15) is 26.7 Å². The van der Waals surface area contributed by atoms with Gasteiger partial charge in [-0.3, -0.25) is 4.79 Å². The van der Waals surface area contributed by atoms with Crippen molar-refractivity contribution in [3.05, 3.63) is 36.4 Å². The lowest BCUT2D eigenvalue weighted by Crippen LogP contribution is -2.31. The zero-order valence-corrected chi connectivity index (χ0v) is 13.2. The van der Waals surface area contributed by atoms with E-state index >= 15 is 0 Å². The molecular formula is C17H21NO2S. The van der Waals surface area contributed by atoms with Gasteiger partial charge in [-0.15, -0.1) is 11.8 Å². The standard InChI is InChI=1S/C17H21NO2S/c1-3-4-11-18-17(20)12(2)21-16-10-9-15(19)13-7-5-6-8-14(13)16/h5-10,12,19H,3-4,11H2,1-2H3,(H,18,20). The van der Waals surface area contributed by atoms with Crippen LogP contribution >= 0.6 is 11.8 Å². The lowest BCUT2D eigenvalue weighted by Gasteiger charge is -2.14. The SMILES string of the molecule is CCCCNC(=O)C(C)Sc1ccc(O)c2ccccc12. The topological polar surface area (TPSA) is 49.3 Å². The summed E-state index contributed by atoms with van der Waals surface area (Å²) in [7, 11) is 0. The second kappa shape index (κ2) is 7.36. The molecule has 1 atom stereocenters. The van der Waals surface area contributed by atoms with Gasteiger partial charge in [0.2, 0.25) is 5.91 Å². The summed E-state index contributed by atoms with van der Waals surface area (Å²) in [5.41, 5.74) is 0. The summed E-state index contributed by atoms with van der Waals surface area (Å²) in [5.74, 6) is 0.334. The molecule has 0 aliphatic heterocycles. The highest BCUT2D eigenvalue weighted by atomic mass is 32.2. The molecule has 0 aliphatic carbocycles. The van der Waals surface area contributed by atoms with Gasteiger partial charge in [0, 0.05) is 16.8 Å². The Hall–Kier alpha value is -1.68. The zero-order valence-electron chi connectivity index (χ0n) is 12.4. The van der Waals surface area contributed by atoms with Crippen molar-refractivity contribution in [1.29, 1.82) is 0 Å². The molecule has 0 heterocycles. The van der Waals surface area contributed by atoms with Crippen molar-refractivity contribution < 1.29 is 9.90 Å². The van der Waals surface area contributed by atoms with E-state index < -0.39 is 0 Å². The molecule has 0 radical (unpaired) electrons. The Balaban J connectivity index is 2.13. The van der Waals surface area contributed by atoms with E-state index in [1.807, 2.05) is 37.3 Å². The molecule has 0 aliphatic rings. The Morgan fingerprint density at radius 3 is 2.67 bits per heavy atom. The molecule has 2 rings (SSSR count). The van der Waals surface area contributed by atoms with Crippen LogP contribution < -0.4 is 5.32 Å². The maximum Gasteiger partial charge on any atom is 0.233 e. The van der Waals surface area contributed by atoms with Crippen LogP contribution in [0, 0.1) is 0 Å². The van der Waals surface area contributed by atoms with Gasteiger partial charge in [0.15, 0.2) is 0 Å². The number of amides is 1. The fraction of sp³-hybridized carbons (Fsp3) is 0.353. The summed E-state index contributed by atoms with van der Waals surface area (Å²) in [6.07, 6.45) is 2.08. The second-order valence-corrected chi connectivity index (χ2v) is 6.42. The predicted octanol–water partition coefficient (Wildman–Crippen LogP) is 3.94. The molecule has 21 heavy (non-hydrogen) atoms. The second-order valence-electron chi connectivity index (χ2n) is 5.03. The molecular weight excluding hydrogens is 282 g/mol. The first-order valence-electron chi connectivity index (χ1n) is 7.28. The van der Waals surface area contributed by atoms with Gasteiger partial charge >= 0.3 is 0 Å². The summed E-state index contributed by atoms with van der Waals surface area (Å²) in [5, 5.41) is 14.5. The average molecular weight is 303 g/mol. The van der Waals surface area contributed by atoms with Crippen LogP contribution in [0.5, 0.6) is 5.75 Å². The molecule has 4 heteroatoms. The highest BCUT2D eigenvalue weighted by Gasteiger charge is 2.15. The molecule has 0 aromatic heterocycles. The fourth-order valence-corrected chi connectivity index (χ4v) is 3.16. The third-order valence-corrected chi connectivity index (χ3v) is 4.54. The lowest BCUT2D eigenvalue weighted by molar-refractivity contribution is -0.120. The molecule has 3 nitrogen and oxygen atoms in total. The van der Waals surface area contributed by atoms with E-state index in [0.29, 0.717) is 0 Å². The number of phenolic OH excluding ortho intramolecular Hbond substituents is 1. The first-order valence-corrected chi connectivity index (χ1v) is 8.16. The Kier molecular flexibility index (Phi) is 5.51. The number of thioether (sulfide) groups is 1. The molecule has 0 fully saturated rings. The number of nitrogens with one attached hydrogen (secondary N) is 1. The number of phenols is 1. The van der Waals surface area contributed by atoms with Crippen molar-refractivity contribution in [2.45, 2.75) is 36.8 Å². The van der Waals surface area contributed by atoms with Gasteiger partial charge in [-0.2, -0.15) is 0 Å². The van der Waals surface area contributed by atoms with Crippen molar-refractivity contribution in [2.24, 2.45) is 0 Å². The zero-order chi connectivity index (χ0) is 15.2. The molecule has 1 amide bonds. The third-order valence-electron chi connectivity index (χ3n) is 3.36. The van der Waals surface area contributed by atoms with Gasteiger partial charge < -0.3 is 10.4 Å². The Labute approximate surface area is 129 Å². The minimum Gasteiger partial charge on any atom is -0.507 e. The molecule has 0 saturated carbocycles. The number of fused-ring (bicyclic) bond motifs is 1. The van der Waals surface area contributed by atoms with E-state index in [1.165, 1.54) is 11.8 Å². The van der Waals surface area contributed by atoms with E-state index in [1.54, 1.807) is 6.07 Å². The molecule has 0 bridgehead atoms. The largest absolute Gasteiger partial charge is 0.507 e. The summed E-state index contributed by atoms with van der Waals surface area (Å²) in [6, 6.07) is 11.3. The minimum atomic E-state index is -0.158. The van der Waals surface area contributed by atoms with Crippen LogP contribution in [0.4, 0.5) is 0 Å². The van der Waals surface area contributed by atoms with Crippen LogP contribution in [-0.2, 0) is 4.79 Å². The summed E-state index contributed by atoms with van der Waals surface area (Å²) >= 11 is 1.52. The molecule has 2 aromatic rings. The van der Waals surface area contributed by atoms with Crippen molar-refractivity contribution in [3.8, 4) is 5.75 Å². The lowest BCUT2D eigenvalue weighted by atomic mass is 10.1. The maximum atomic E-state index is 12.0. The van der Waals surface area contributed by atoms with E-state index in [9.17, 15) is 9.90 Å². The number of carbonyl (C=O) groups excluding carboxylic acids is 1. The highest BCUT2D eigenvalue weighted by molar-refractivity contribution is 8.00. The molecule has 1 unspecified atom stereocenters. The van der Waals surface area contributed by atoms with E-state index in [4.69, 9.17) is 0 Å². The van der Waals surface area contributed by atoms with Gasteiger partial charge in [0.1, 0.15) is 5.75 Å². The third kappa shape index (κ3) is 3.91. The molecule has 2 aromatic carbocycles. The monoisotopic (exact) mass is 303 g/mol. The van der Waals surface area contributed by atoms with Crippen LogP contribution in [0.3, 0.4) is 0 Å². The van der Waals surface area contributed by atoms with Crippen LogP contribution in [0.15, 0.2) is 41.3 Å². The van der Waals surface area contributed by atoms with Crippen molar-refractivity contribution in [1.82, 2.24) is 5.32 Å². The van der Waals surface area contributed by atoms with Gasteiger partial charge in [0.25, 0.3) is 0 Å². The maximum absolute atomic E-state index is 12.0. The van der Waals surface area contributed by atoms with Crippen LogP contribution in [0.2, 0.25) is 0 Å². The molecule has 0 saturated heterocycles. The Morgan fingerprint density at radius 1 is 1.24 bits per heavy atom. The Morgan fingerprint density at radius 2 is 1.95 bits per heavy atom. The number of unbranched alkanes of at least 4 members (excludes halogenated alkanes) is 1. The molecule has 0 spiro atoms. The van der Waals surface area contributed by atoms with Gasteiger partial charge in [-0.1, -0.05) is 37.6 Å². The number of carbonyl (C=O) groups is 1.